The monoisotopic (exact) mass is 334 g/mol. The van der Waals surface area contributed by atoms with E-state index in [1.54, 1.807) is 29.7 Å². The van der Waals surface area contributed by atoms with Gasteiger partial charge in [0.25, 0.3) is 0 Å². The lowest BCUT2D eigenvalue weighted by Crippen LogP contribution is -2.13. The second-order valence-electron chi connectivity index (χ2n) is 5.23. The Morgan fingerprint density at radius 2 is 2.09 bits per heavy atom. The first kappa shape index (κ1) is 15.6. The topological polar surface area (TPSA) is 36.2 Å². The molecule has 0 saturated carbocycles. The van der Waals surface area contributed by atoms with Crippen LogP contribution in [0.25, 0.3) is 11.0 Å². The van der Waals surface area contributed by atoms with Crippen LogP contribution in [0.2, 0.25) is 5.02 Å². The zero-order chi connectivity index (χ0) is 16.6. The third-order valence-corrected chi connectivity index (χ3v) is 4.17. The van der Waals surface area contributed by atoms with Gasteiger partial charge in [-0.15, -0.1) is 0 Å². The van der Waals surface area contributed by atoms with Crippen LogP contribution in [0.15, 0.2) is 36.5 Å². The van der Waals surface area contributed by atoms with Crippen molar-refractivity contribution in [2.24, 2.45) is 7.05 Å². The average Bonchev–Trinajstić information content (AvgIpc) is 3.04. The van der Waals surface area contributed by atoms with E-state index < -0.39 is 11.8 Å². The van der Waals surface area contributed by atoms with Crippen LogP contribution in [0, 0.1) is 5.82 Å². The molecule has 0 bridgehead atoms. The summed E-state index contributed by atoms with van der Waals surface area (Å²) in [6.45, 7) is 2.19. The Morgan fingerprint density at radius 3 is 2.78 bits per heavy atom. The van der Waals surface area contributed by atoms with Gasteiger partial charge >= 0.3 is 5.97 Å². The van der Waals surface area contributed by atoms with Gasteiger partial charge in [0.1, 0.15) is 11.5 Å². The van der Waals surface area contributed by atoms with Crippen LogP contribution in [-0.2, 0) is 18.3 Å². The molecule has 2 heterocycles. The third-order valence-electron chi connectivity index (χ3n) is 3.82. The van der Waals surface area contributed by atoms with E-state index in [1.807, 2.05) is 23.9 Å². The molecular weight excluding hydrogens is 319 g/mol. The van der Waals surface area contributed by atoms with Crippen LogP contribution < -0.4 is 0 Å². The summed E-state index contributed by atoms with van der Waals surface area (Å²) in [5.74, 6) is -0.832. The van der Waals surface area contributed by atoms with Crippen molar-refractivity contribution in [1.29, 1.82) is 0 Å². The molecule has 0 aliphatic rings. The molecule has 0 radical (unpaired) electrons. The molecule has 0 atom stereocenters. The Balaban J connectivity index is 2.14. The van der Waals surface area contributed by atoms with Crippen LogP contribution in [0.4, 0.5) is 4.39 Å². The zero-order valence-electron chi connectivity index (χ0n) is 12.8. The van der Waals surface area contributed by atoms with Crippen LogP contribution >= 0.6 is 11.6 Å². The number of aromatic nitrogens is 2. The van der Waals surface area contributed by atoms with Crippen molar-refractivity contribution >= 4 is 28.6 Å². The molecule has 2 aromatic heterocycles. The van der Waals surface area contributed by atoms with Crippen LogP contribution in [0.1, 0.15) is 23.0 Å². The molecule has 0 N–H and O–H groups in total. The maximum absolute atomic E-state index is 14.1. The molecular formula is C17H16ClFN2O2. The van der Waals surface area contributed by atoms with E-state index in [2.05, 4.69) is 0 Å². The molecule has 0 unspecified atom stereocenters. The predicted molar refractivity (Wildman–Crippen MR) is 87.4 cm³/mol. The Kier molecular flexibility index (Phi) is 4.13. The number of hydrogen-bond acceptors (Lipinski definition) is 2. The van der Waals surface area contributed by atoms with Gasteiger partial charge in [0.05, 0.1) is 24.2 Å². The number of benzene rings is 1. The van der Waals surface area contributed by atoms with Crippen molar-refractivity contribution in [2.45, 2.75) is 13.5 Å². The highest BCUT2D eigenvalue weighted by Gasteiger charge is 2.20. The normalized spacial score (nSPS) is 11.1. The molecule has 1 aromatic carbocycles. The number of fused-ring (bicyclic) bond motifs is 1. The summed E-state index contributed by atoms with van der Waals surface area (Å²) in [5, 5.41) is 0.331. The van der Waals surface area contributed by atoms with Crippen molar-refractivity contribution in [3.63, 3.8) is 0 Å². The van der Waals surface area contributed by atoms with Crippen molar-refractivity contribution < 1.29 is 13.9 Å². The lowest BCUT2D eigenvalue weighted by Gasteiger charge is -2.11. The number of nitrogens with zero attached hydrogens (tertiary/aromatic N) is 2. The first-order chi connectivity index (χ1) is 11.0. The fourth-order valence-corrected chi connectivity index (χ4v) is 2.88. The molecule has 23 heavy (non-hydrogen) atoms. The van der Waals surface area contributed by atoms with Gasteiger partial charge in [-0.25, -0.2) is 9.18 Å². The van der Waals surface area contributed by atoms with Gasteiger partial charge in [-0.3, -0.25) is 0 Å². The van der Waals surface area contributed by atoms with E-state index in [0.717, 1.165) is 11.0 Å². The molecule has 0 amide bonds. The Bertz CT molecular complexity index is 862. The van der Waals surface area contributed by atoms with Gasteiger partial charge in [0.2, 0.25) is 0 Å². The van der Waals surface area contributed by atoms with Gasteiger partial charge in [-0.05, 0) is 31.2 Å². The van der Waals surface area contributed by atoms with Crippen molar-refractivity contribution in [3.8, 4) is 0 Å². The van der Waals surface area contributed by atoms with Gasteiger partial charge in [-0.2, -0.15) is 0 Å². The first-order valence-electron chi connectivity index (χ1n) is 7.27. The molecule has 120 valence electrons. The molecule has 0 saturated heterocycles. The van der Waals surface area contributed by atoms with Crippen molar-refractivity contribution in [3.05, 3.63) is 58.6 Å². The molecule has 0 aliphatic heterocycles. The fraction of sp³-hybridized carbons (Fsp3) is 0.235. The zero-order valence-corrected chi connectivity index (χ0v) is 13.6. The summed E-state index contributed by atoms with van der Waals surface area (Å²) in [6, 6.07) is 8.18. The minimum absolute atomic E-state index is 0.160. The van der Waals surface area contributed by atoms with Gasteiger partial charge < -0.3 is 13.9 Å². The number of ether oxygens (including phenoxy) is 1. The molecule has 0 spiro atoms. The fourth-order valence-electron chi connectivity index (χ4n) is 2.66. The molecule has 0 fully saturated rings. The second kappa shape index (κ2) is 6.08. The maximum atomic E-state index is 14.1. The van der Waals surface area contributed by atoms with E-state index in [-0.39, 0.29) is 13.2 Å². The average molecular weight is 335 g/mol. The SMILES string of the molecule is CCOC(=O)c1cc2c(ccn2C)n1Cc1c(F)cccc1Cl. The maximum Gasteiger partial charge on any atom is 0.355 e. The number of esters is 1. The van der Waals surface area contributed by atoms with E-state index in [0.29, 0.717) is 16.3 Å². The van der Waals surface area contributed by atoms with E-state index in [9.17, 15) is 9.18 Å². The smallest absolute Gasteiger partial charge is 0.355 e. The quantitative estimate of drug-likeness (QED) is 0.676. The highest BCUT2D eigenvalue weighted by Crippen LogP contribution is 2.26. The molecule has 0 aliphatic carbocycles. The summed E-state index contributed by atoms with van der Waals surface area (Å²) in [4.78, 5) is 12.2. The van der Waals surface area contributed by atoms with Gasteiger partial charge in [0, 0.05) is 23.8 Å². The predicted octanol–water partition coefficient (Wildman–Crippen LogP) is 4.00. The summed E-state index contributed by atoms with van der Waals surface area (Å²) < 4.78 is 22.9. The van der Waals surface area contributed by atoms with Crippen LogP contribution in [-0.4, -0.2) is 21.7 Å². The minimum atomic E-state index is -0.434. The van der Waals surface area contributed by atoms with Gasteiger partial charge in [0.15, 0.2) is 0 Å². The third kappa shape index (κ3) is 2.72. The van der Waals surface area contributed by atoms with E-state index in [1.165, 1.54) is 6.07 Å². The number of carbonyl (C=O) groups is 1. The molecule has 4 nitrogen and oxygen atoms in total. The van der Waals surface area contributed by atoms with E-state index >= 15 is 0 Å². The van der Waals surface area contributed by atoms with E-state index in [4.69, 9.17) is 16.3 Å². The summed E-state index contributed by atoms with van der Waals surface area (Å²) in [7, 11) is 1.89. The summed E-state index contributed by atoms with van der Waals surface area (Å²) in [6.07, 6.45) is 1.89. The number of carbonyl (C=O) groups excluding carboxylic acids is 1. The minimum Gasteiger partial charge on any atom is -0.461 e. The Morgan fingerprint density at radius 1 is 1.30 bits per heavy atom. The largest absolute Gasteiger partial charge is 0.461 e. The standard InChI is InChI=1S/C17H16ClFN2O2/c1-3-23-17(22)16-9-15-14(7-8-20(15)2)21(16)10-11-12(18)5-4-6-13(11)19/h4-9H,3,10H2,1-2H3. The van der Waals surface area contributed by atoms with Crippen LogP contribution in [0.5, 0.6) is 0 Å². The van der Waals surface area contributed by atoms with Gasteiger partial charge in [-0.1, -0.05) is 17.7 Å². The highest BCUT2D eigenvalue weighted by atomic mass is 35.5. The molecule has 6 heteroatoms. The summed E-state index contributed by atoms with van der Waals surface area (Å²) in [5.41, 5.74) is 2.43. The first-order valence-corrected chi connectivity index (χ1v) is 7.65. The number of hydrogen-bond donors (Lipinski definition) is 0. The van der Waals surface area contributed by atoms with Crippen molar-refractivity contribution in [2.75, 3.05) is 6.61 Å². The highest BCUT2D eigenvalue weighted by molar-refractivity contribution is 6.31. The Labute approximate surface area is 138 Å². The Hall–Kier alpha value is -2.27. The number of rotatable bonds is 4. The lowest BCUT2D eigenvalue weighted by atomic mass is 10.2. The van der Waals surface area contributed by atoms with Crippen molar-refractivity contribution in [1.82, 2.24) is 9.13 Å². The number of halogens is 2. The van der Waals surface area contributed by atoms with Crippen LogP contribution in [0.3, 0.4) is 0 Å². The summed E-state index contributed by atoms with van der Waals surface area (Å²) >= 11 is 6.12. The lowest BCUT2D eigenvalue weighted by molar-refractivity contribution is 0.0515. The number of aryl methyl sites for hydroxylation is 1. The molecule has 3 rings (SSSR count). The molecule has 3 aromatic rings. The second-order valence-corrected chi connectivity index (χ2v) is 5.64.